The maximum absolute atomic E-state index is 3.93. The van der Waals surface area contributed by atoms with Crippen LogP contribution in [0.2, 0.25) is 0 Å². The zero-order valence-electron chi connectivity index (χ0n) is 6.30. The van der Waals surface area contributed by atoms with Gasteiger partial charge in [0.2, 0.25) is 0 Å². The molecule has 12 heavy (non-hydrogen) atoms. The van der Waals surface area contributed by atoms with Crippen LogP contribution >= 0.6 is 45.2 Å². The summed E-state index contributed by atoms with van der Waals surface area (Å²) in [6.45, 7) is 3.74. The van der Waals surface area contributed by atoms with Crippen LogP contribution in [-0.2, 0) is 0 Å². The van der Waals surface area contributed by atoms with Crippen LogP contribution in [0.3, 0.4) is 0 Å². The topological polar surface area (TPSA) is 24.9 Å². The third kappa shape index (κ3) is 3.26. The van der Waals surface area contributed by atoms with E-state index in [2.05, 4.69) is 62.1 Å². The standard InChI is InChI=1S/C8H8I2N2/c1-2-8(9,10)12-7-3-5-11-6-4-7/h2-6H,1H2,(H,11,12). The fraction of sp³-hybridized carbons (Fsp3) is 0.125. The highest BCUT2D eigenvalue weighted by molar-refractivity contribution is 14.2. The summed E-state index contributed by atoms with van der Waals surface area (Å²) in [5, 5.41) is 3.28. The van der Waals surface area contributed by atoms with E-state index in [0.29, 0.717) is 0 Å². The van der Waals surface area contributed by atoms with Crippen molar-refractivity contribution in [3.8, 4) is 0 Å². The van der Waals surface area contributed by atoms with Crippen molar-refractivity contribution in [2.45, 2.75) is 1.55 Å². The van der Waals surface area contributed by atoms with E-state index >= 15 is 0 Å². The van der Waals surface area contributed by atoms with E-state index in [0.717, 1.165) is 5.69 Å². The summed E-state index contributed by atoms with van der Waals surface area (Å²) in [5.41, 5.74) is 1.05. The predicted molar refractivity (Wildman–Crippen MR) is 68.8 cm³/mol. The first-order valence-electron chi connectivity index (χ1n) is 3.34. The van der Waals surface area contributed by atoms with Crippen LogP contribution in [0.4, 0.5) is 5.69 Å². The lowest BCUT2D eigenvalue weighted by atomic mass is 10.4. The number of nitrogens with one attached hydrogen (secondary N) is 1. The van der Waals surface area contributed by atoms with Crippen LogP contribution in [-0.4, -0.2) is 6.54 Å². The van der Waals surface area contributed by atoms with Crippen LogP contribution in [0.5, 0.6) is 0 Å². The van der Waals surface area contributed by atoms with Crippen LogP contribution < -0.4 is 5.32 Å². The van der Waals surface area contributed by atoms with E-state index < -0.39 is 0 Å². The molecule has 0 aliphatic heterocycles. The summed E-state index contributed by atoms with van der Waals surface area (Å²) in [4.78, 5) is 3.93. The Bertz CT molecular complexity index is 259. The average molecular weight is 386 g/mol. The number of aromatic nitrogens is 1. The number of alkyl halides is 2. The highest BCUT2D eigenvalue weighted by atomic mass is 127. The molecular formula is C8H8I2N2. The Balaban J connectivity index is 2.70. The molecule has 0 aliphatic rings. The fourth-order valence-corrected chi connectivity index (χ4v) is 1.30. The van der Waals surface area contributed by atoms with Crippen molar-refractivity contribution in [2.24, 2.45) is 0 Å². The number of anilines is 1. The Kier molecular flexibility index (Phi) is 3.76. The number of hydrogen-bond donors (Lipinski definition) is 1. The number of rotatable bonds is 3. The molecule has 1 aromatic rings. The van der Waals surface area contributed by atoms with Crippen molar-refractivity contribution >= 4 is 50.9 Å². The van der Waals surface area contributed by atoms with Crippen molar-refractivity contribution in [1.82, 2.24) is 4.98 Å². The molecular weight excluding hydrogens is 378 g/mol. The molecule has 0 saturated heterocycles. The Morgan fingerprint density at radius 1 is 1.42 bits per heavy atom. The van der Waals surface area contributed by atoms with Crippen molar-refractivity contribution in [2.75, 3.05) is 5.32 Å². The highest BCUT2D eigenvalue weighted by Crippen LogP contribution is 2.29. The Morgan fingerprint density at radius 3 is 2.50 bits per heavy atom. The molecule has 0 aromatic carbocycles. The molecule has 1 N–H and O–H groups in total. The second kappa shape index (κ2) is 4.40. The van der Waals surface area contributed by atoms with Crippen molar-refractivity contribution in [3.05, 3.63) is 37.2 Å². The van der Waals surface area contributed by atoms with Crippen molar-refractivity contribution in [1.29, 1.82) is 0 Å². The number of hydrogen-bond acceptors (Lipinski definition) is 2. The predicted octanol–water partition coefficient (Wildman–Crippen LogP) is 3.20. The lowest BCUT2D eigenvalue weighted by Gasteiger charge is -2.18. The SMILES string of the molecule is C=CC(I)(I)Nc1ccncc1. The Labute approximate surface area is 99.1 Å². The molecule has 0 radical (unpaired) electrons. The minimum absolute atomic E-state index is 0.128. The summed E-state index contributed by atoms with van der Waals surface area (Å²) < 4.78 is -0.128. The monoisotopic (exact) mass is 386 g/mol. The van der Waals surface area contributed by atoms with Crippen LogP contribution in [0, 0.1) is 0 Å². The summed E-state index contributed by atoms with van der Waals surface area (Å²) >= 11 is 4.56. The van der Waals surface area contributed by atoms with Crippen molar-refractivity contribution in [3.63, 3.8) is 0 Å². The zero-order valence-corrected chi connectivity index (χ0v) is 10.6. The Morgan fingerprint density at radius 2 is 2.00 bits per heavy atom. The third-order valence-electron chi connectivity index (χ3n) is 1.25. The molecule has 1 rings (SSSR count). The van der Waals surface area contributed by atoms with Gasteiger partial charge in [0.25, 0.3) is 0 Å². The molecule has 1 aromatic heterocycles. The Hall–Kier alpha value is 0.150. The van der Waals surface area contributed by atoms with Gasteiger partial charge in [-0.3, -0.25) is 4.98 Å². The molecule has 0 amide bonds. The lowest BCUT2D eigenvalue weighted by molar-refractivity contribution is 1.24. The molecule has 0 unspecified atom stereocenters. The first kappa shape index (κ1) is 10.2. The van der Waals surface area contributed by atoms with Gasteiger partial charge in [-0.25, -0.2) is 0 Å². The quantitative estimate of drug-likeness (QED) is 0.374. The smallest absolute Gasteiger partial charge is 0.159 e. The molecule has 0 saturated carbocycles. The van der Waals surface area contributed by atoms with Gasteiger partial charge in [-0.15, -0.1) is 0 Å². The van der Waals surface area contributed by atoms with Gasteiger partial charge in [0.15, 0.2) is 1.55 Å². The van der Waals surface area contributed by atoms with Gasteiger partial charge in [-0.1, -0.05) is 6.58 Å². The van der Waals surface area contributed by atoms with E-state index in [1.54, 1.807) is 12.4 Å². The first-order chi connectivity index (χ1) is 5.64. The van der Waals surface area contributed by atoms with E-state index in [1.807, 2.05) is 18.2 Å². The van der Waals surface area contributed by atoms with Gasteiger partial charge in [0, 0.05) is 18.1 Å². The van der Waals surface area contributed by atoms with Gasteiger partial charge in [0.1, 0.15) is 0 Å². The van der Waals surface area contributed by atoms with Crippen molar-refractivity contribution < 1.29 is 0 Å². The van der Waals surface area contributed by atoms with Crippen LogP contribution in [0.1, 0.15) is 0 Å². The maximum Gasteiger partial charge on any atom is 0.159 e. The normalized spacial score (nSPS) is 10.8. The lowest BCUT2D eigenvalue weighted by Crippen LogP contribution is -2.19. The molecule has 4 heteroatoms. The molecule has 2 nitrogen and oxygen atoms in total. The molecule has 0 bridgehead atoms. The van der Waals surface area contributed by atoms with E-state index in [4.69, 9.17) is 0 Å². The number of nitrogens with zero attached hydrogens (tertiary/aromatic N) is 1. The minimum atomic E-state index is -0.128. The molecule has 1 heterocycles. The van der Waals surface area contributed by atoms with Gasteiger partial charge in [-0.2, -0.15) is 0 Å². The van der Waals surface area contributed by atoms with E-state index in [-0.39, 0.29) is 1.55 Å². The fourth-order valence-electron chi connectivity index (χ4n) is 0.679. The van der Waals surface area contributed by atoms with Crippen LogP contribution in [0.15, 0.2) is 37.2 Å². The molecule has 0 aliphatic carbocycles. The highest BCUT2D eigenvalue weighted by Gasteiger charge is 2.15. The van der Waals surface area contributed by atoms with E-state index in [1.165, 1.54) is 0 Å². The molecule has 0 spiro atoms. The summed E-state index contributed by atoms with van der Waals surface area (Å²) in [7, 11) is 0. The largest absolute Gasteiger partial charge is 0.360 e. The second-order valence-electron chi connectivity index (χ2n) is 2.19. The van der Waals surface area contributed by atoms with Gasteiger partial charge >= 0.3 is 0 Å². The summed E-state index contributed by atoms with van der Waals surface area (Å²) in [6, 6.07) is 3.85. The number of pyridine rings is 1. The average Bonchev–Trinajstić information content (AvgIpc) is 2.06. The van der Waals surface area contributed by atoms with Crippen LogP contribution in [0.25, 0.3) is 0 Å². The molecule has 0 fully saturated rings. The second-order valence-corrected chi connectivity index (χ2v) is 7.66. The summed E-state index contributed by atoms with van der Waals surface area (Å²) in [6.07, 6.45) is 5.37. The molecule has 0 atom stereocenters. The minimum Gasteiger partial charge on any atom is -0.360 e. The van der Waals surface area contributed by atoms with Gasteiger partial charge in [-0.05, 0) is 63.4 Å². The van der Waals surface area contributed by atoms with E-state index in [9.17, 15) is 0 Å². The number of halogens is 2. The molecule has 64 valence electrons. The first-order valence-corrected chi connectivity index (χ1v) is 5.49. The zero-order chi connectivity index (χ0) is 9.03. The third-order valence-corrected chi connectivity index (χ3v) is 2.67. The van der Waals surface area contributed by atoms with Gasteiger partial charge in [0.05, 0.1) is 0 Å². The van der Waals surface area contributed by atoms with Gasteiger partial charge < -0.3 is 5.32 Å². The summed E-state index contributed by atoms with van der Waals surface area (Å²) in [5.74, 6) is 0. The maximum atomic E-state index is 3.93.